The van der Waals surface area contributed by atoms with Crippen molar-refractivity contribution in [1.82, 2.24) is 10.2 Å². The molecule has 1 unspecified atom stereocenters. The van der Waals surface area contributed by atoms with Crippen molar-refractivity contribution in [1.29, 1.82) is 0 Å². The first-order valence-corrected chi connectivity index (χ1v) is 7.29. The van der Waals surface area contributed by atoms with E-state index in [0.29, 0.717) is 11.6 Å². The Labute approximate surface area is 110 Å². The van der Waals surface area contributed by atoms with E-state index >= 15 is 0 Å². The van der Waals surface area contributed by atoms with Crippen LogP contribution in [-0.4, -0.2) is 36.1 Å². The molecule has 2 aliphatic rings. The molecule has 1 aromatic rings. The van der Waals surface area contributed by atoms with Gasteiger partial charge < -0.3 is 9.73 Å². The summed E-state index contributed by atoms with van der Waals surface area (Å²) in [6.07, 6.45) is 8.32. The van der Waals surface area contributed by atoms with Gasteiger partial charge in [-0.3, -0.25) is 4.90 Å². The fourth-order valence-electron chi connectivity index (χ4n) is 3.60. The van der Waals surface area contributed by atoms with Crippen LogP contribution in [0.3, 0.4) is 0 Å². The average Bonchev–Trinajstić information content (AvgIpc) is 3.02. The largest absolute Gasteiger partial charge is 0.469 e. The fraction of sp³-hybridized carbons (Fsp3) is 0.733. The van der Waals surface area contributed by atoms with E-state index < -0.39 is 0 Å². The first-order chi connectivity index (χ1) is 8.77. The number of piperazine rings is 1. The lowest BCUT2D eigenvalue weighted by molar-refractivity contribution is 0.0982. The lowest BCUT2D eigenvalue weighted by atomic mass is 9.93. The summed E-state index contributed by atoms with van der Waals surface area (Å²) in [7, 11) is 0. The fourth-order valence-corrected chi connectivity index (χ4v) is 3.60. The molecule has 1 atom stereocenters. The van der Waals surface area contributed by atoms with Gasteiger partial charge in [0, 0.05) is 37.6 Å². The predicted molar refractivity (Wildman–Crippen MR) is 72.6 cm³/mol. The molecule has 3 heteroatoms. The van der Waals surface area contributed by atoms with E-state index in [9.17, 15) is 0 Å². The number of hydrogen-bond acceptors (Lipinski definition) is 3. The highest BCUT2D eigenvalue weighted by atomic mass is 16.3. The SMILES string of the molecule is CC(Cc1ccco1)N1CCNC2(CCCC2)C1. The van der Waals surface area contributed by atoms with Crippen LogP contribution in [0, 0.1) is 0 Å². The van der Waals surface area contributed by atoms with Gasteiger partial charge in [0.1, 0.15) is 5.76 Å². The van der Waals surface area contributed by atoms with Gasteiger partial charge in [-0.2, -0.15) is 0 Å². The van der Waals surface area contributed by atoms with E-state index in [2.05, 4.69) is 23.2 Å². The van der Waals surface area contributed by atoms with E-state index in [4.69, 9.17) is 4.42 Å². The molecule has 1 aliphatic heterocycles. The molecule has 0 radical (unpaired) electrons. The van der Waals surface area contributed by atoms with Gasteiger partial charge >= 0.3 is 0 Å². The number of furan rings is 1. The highest BCUT2D eigenvalue weighted by Gasteiger charge is 2.38. The quantitative estimate of drug-likeness (QED) is 0.890. The number of hydrogen-bond donors (Lipinski definition) is 1. The molecule has 1 aliphatic carbocycles. The van der Waals surface area contributed by atoms with E-state index in [1.807, 2.05) is 6.07 Å². The van der Waals surface area contributed by atoms with Gasteiger partial charge in [-0.25, -0.2) is 0 Å². The second-order valence-electron chi connectivity index (χ2n) is 6.02. The van der Waals surface area contributed by atoms with Crippen molar-refractivity contribution < 1.29 is 4.42 Å². The van der Waals surface area contributed by atoms with Gasteiger partial charge in [0.15, 0.2) is 0 Å². The smallest absolute Gasteiger partial charge is 0.105 e. The Morgan fingerprint density at radius 1 is 1.44 bits per heavy atom. The molecule has 1 spiro atoms. The average molecular weight is 248 g/mol. The molecule has 1 N–H and O–H groups in total. The van der Waals surface area contributed by atoms with Gasteiger partial charge in [-0.1, -0.05) is 12.8 Å². The van der Waals surface area contributed by atoms with Crippen LogP contribution in [-0.2, 0) is 6.42 Å². The summed E-state index contributed by atoms with van der Waals surface area (Å²) in [6, 6.07) is 4.65. The number of nitrogens with zero attached hydrogens (tertiary/aromatic N) is 1. The van der Waals surface area contributed by atoms with Crippen molar-refractivity contribution >= 4 is 0 Å². The van der Waals surface area contributed by atoms with Crippen molar-refractivity contribution in [3.05, 3.63) is 24.2 Å². The van der Waals surface area contributed by atoms with Gasteiger partial charge in [0.25, 0.3) is 0 Å². The zero-order valence-corrected chi connectivity index (χ0v) is 11.3. The van der Waals surface area contributed by atoms with Crippen molar-refractivity contribution in [3.8, 4) is 0 Å². The molecule has 2 fully saturated rings. The summed E-state index contributed by atoms with van der Waals surface area (Å²) >= 11 is 0. The number of rotatable bonds is 3. The highest BCUT2D eigenvalue weighted by Crippen LogP contribution is 2.32. The molecule has 2 heterocycles. The molecule has 100 valence electrons. The van der Waals surface area contributed by atoms with Crippen LogP contribution in [0.1, 0.15) is 38.4 Å². The predicted octanol–water partition coefficient (Wildman–Crippen LogP) is 2.43. The van der Waals surface area contributed by atoms with Crippen LogP contribution in [0.25, 0.3) is 0 Å². The Balaban J connectivity index is 1.61. The Hall–Kier alpha value is -0.800. The second-order valence-corrected chi connectivity index (χ2v) is 6.02. The third-order valence-corrected chi connectivity index (χ3v) is 4.67. The molecular weight excluding hydrogens is 224 g/mol. The topological polar surface area (TPSA) is 28.4 Å². The first-order valence-electron chi connectivity index (χ1n) is 7.29. The molecule has 1 saturated carbocycles. The first kappa shape index (κ1) is 12.2. The second kappa shape index (κ2) is 5.06. The molecule has 1 aromatic heterocycles. The van der Waals surface area contributed by atoms with Crippen LogP contribution < -0.4 is 5.32 Å². The molecule has 0 amide bonds. The molecule has 18 heavy (non-hydrogen) atoms. The van der Waals surface area contributed by atoms with E-state index in [1.54, 1.807) is 6.26 Å². The van der Waals surface area contributed by atoms with Crippen molar-refractivity contribution in [3.63, 3.8) is 0 Å². The molecular formula is C15H24N2O. The third-order valence-electron chi connectivity index (χ3n) is 4.67. The van der Waals surface area contributed by atoms with E-state index in [-0.39, 0.29) is 0 Å². The summed E-state index contributed by atoms with van der Waals surface area (Å²) in [4.78, 5) is 2.64. The summed E-state index contributed by atoms with van der Waals surface area (Å²) in [5, 5.41) is 3.77. The minimum atomic E-state index is 0.426. The van der Waals surface area contributed by atoms with Gasteiger partial charge in [0.05, 0.1) is 6.26 Å². The van der Waals surface area contributed by atoms with E-state index in [1.165, 1.54) is 38.8 Å². The molecule has 1 saturated heterocycles. The van der Waals surface area contributed by atoms with Crippen LogP contribution >= 0.6 is 0 Å². The van der Waals surface area contributed by atoms with Crippen LogP contribution in [0.2, 0.25) is 0 Å². The molecule has 3 nitrogen and oxygen atoms in total. The van der Waals surface area contributed by atoms with E-state index in [0.717, 1.165) is 18.7 Å². The monoisotopic (exact) mass is 248 g/mol. The van der Waals surface area contributed by atoms with Crippen LogP contribution in [0.15, 0.2) is 22.8 Å². The minimum absolute atomic E-state index is 0.426. The molecule has 3 rings (SSSR count). The van der Waals surface area contributed by atoms with Crippen molar-refractivity contribution in [2.24, 2.45) is 0 Å². The lowest BCUT2D eigenvalue weighted by Crippen LogP contribution is -2.60. The zero-order chi connectivity index (χ0) is 12.4. The Morgan fingerprint density at radius 3 is 3.00 bits per heavy atom. The van der Waals surface area contributed by atoms with Crippen LogP contribution in [0.5, 0.6) is 0 Å². The van der Waals surface area contributed by atoms with Crippen molar-refractivity contribution in [2.45, 2.75) is 50.6 Å². The Morgan fingerprint density at radius 2 is 2.28 bits per heavy atom. The Bertz CT molecular complexity index is 368. The summed E-state index contributed by atoms with van der Waals surface area (Å²) in [6.45, 7) is 5.86. The van der Waals surface area contributed by atoms with Gasteiger partial charge in [0.2, 0.25) is 0 Å². The maximum Gasteiger partial charge on any atom is 0.105 e. The van der Waals surface area contributed by atoms with Gasteiger partial charge in [-0.15, -0.1) is 0 Å². The lowest BCUT2D eigenvalue weighted by Gasteiger charge is -2.44. The zero-order valence-electron chi connectivity index (χ0n) is 11.3. The standard InChI is InChI=1S/C15H24N2O/c1-13(11-14-5-4-10-18-14)17-9-8-16-15(12-17)6-2-3-7-15/h4-5,10,13,16H,2-3,6-9,11-12H2,1H3. The maximum atomic E-state index is 5.47. The minimum Gasteiger partial charge on any atom is -0.469 e. The third kappa shape index (κ3) is 2.47. The summed E-state index contributed by atoms with van der Waals surface area (Å²) < 4.78 is 5.47. The molecule has 0 aromatic carbocycles. The number of nitrogens with one attached hydrogen (secondary N) is 1. The van der Waals surface area contributed by atoms with Crippen LogP contribution in [0.4, 0.5) is 0 Å². The highest BCUT2D eigenvalue weighted by molar-refractivity contribution is 5.03. The van der Waals surface area contributed by atoms with Gasteiger partial charge in [-0.05, 0) is 31.9 Å². The summed E-state index contributed by atoms with van der Waals surface area (Å²) in [5.74, 6) is 1.11. The Kier molecular flexibility index (Phi) is 3.44. The maximum absolute atomic E-state index is 5.47. The molecule has 0 bridgehead atoms. The van der Waals surface area contributed by atoms with Crippen molar-refractivity contribution in [2.75, 3.05) is 19.6 Å². The normalized spacial score (nSPS) is 25.6. The summed E-state index contributed by atoms with van der Waals surface area (Å²) in [5.41, 5.74) is 0.426.